The second kappa shape index (κ2) is 14.3. The van der Waals surface area contributed by atoms with Crippen molar-refractivity contribution in [2.24, 2.45) is 0 Å². The van der Waals surface area contributed by atoms with Crippen LogP contribution in [0.3, 0.4) is 0 Å². The summed E-state index contributed by atoms with van der Waals surface area (Å²) < 4.78 is 10.6. The zero-order chi connectivity index (χ0) is 19.0. The van der Waals surface area contributed by atoms with Crippen LogP contribution >= 0.6 is 0 Å². The average molecular weight is 363 g/mol. The van der Waals surface area contributed by atoms with Crippen LogP contribution in [0.2, 0.25) is 0 Å². The lowest BCUT2D eigenvalue weighted by atomic mass is 10.1. The molecule has 0 heterocycles. The van der Waals surface area contributed by atoms with Crippen molar-refractivity contribution in [3.63, 3.8) is 0 Å². The number of carbonyl (C=O) groups excluding carboxylic acids is 2. The molecule has 0 aliphatic rings. The molecule has 0 radical (unpaired) electrons. The van der Waals surface area contributed by atoms with Crippen LogP contribution in [0, 0.1) is 0 Å². The van der Waals surface area contributed by atoms with Gasteiger partial charge < -0.3 is 9.47 Å². The number of ether oxygens (including phenoxy) is 2. The van der Waals surface area contributed by atoms with Gasteiger partial charge in [0.2, 0.25) is 0 Å². The Bertz CT molecular complexity index is 525. The van der Waals surface area contributed by atoms with Gasteiger partial charge in [-0.15, -0.1) is 0 Å². The number of rotatable bonds is 14. The summed E-state index contributed by atoms with van der Waals surface area (Å²) in [4.78, 5) is 24.5. The maximum atomic E-state index is 12.3. The van der Waals surface area contributed by atoms with Gasteiger partial charge in [0.15, 0.2) is 0 Å². The van der Waals surface area contributed by atoms with Crippen LogP contribution in [0.25, 0.3) is 0 Å². The lowest BCUT2D eigenvalue weighted by Crippen LogP contribution is -2.15. The molecule has 146 valence electrons. The summed E-state index contributed by atoms with van der Waals surface area (Å²) in [5.41, 5.74) is 0.577. The van der Waals surface area contributed by atoms with E-state index in [-0.39, 0.29) is 11.1 Å². The Morgan fingerprint density at radius 3 is 1.50 bits per heavy atom. The minimum atomic E-state index is -0.450. The van der Waals surface area contributed by atoms with Crippen molar-refractivity contribution in [3.8, 4) is 0 Å². The summed E-state index contributed by atoms with van der Waals surface area (Å²) in [6.07, 6.45) is 11.0. The highest BCUT2D eigenvalue weighted by molar-refractivity contribution is 6.03. The molecular weight excluding hydrogens is 328 g/mol. The second-order valence-corrected chi connectivity index (χ2v) is 6.65. The van der Waals surface area contributed by atoms with E-state index in [1.165, 1.54) is 25.7 Å². The minimum Gasteiger partial charge on any atom is -0.462 e. The number of hydrogen-bond acceptors (Lipinski definition) is 4. The molecule has 0 aromatic heterocycles. The third kappa shape index (κ3) is 9.02. The minimum absolute atomic E-state index is 0.288. The molecular formula is C22H34O4. The van der Waals surface area contributed by atoms with Gasteiger partial charge in [0.25, 0.3) is 0 Å². The molecule has 1 rings (SSSR count). The van der Waals surface area contributed by atoms with E-state index in [1.54, 1.807) is 24.3 Å². The molecule has 0 aliphatic heterocycles. The van der Waals surface area contributed by atoms with Crippen LogP contribution < -0.4 is 0 Å². The van der Waals surface area contributed by atoms with Crippen LogP contribution in [0.4, 0.5) is 0 Å². The van der Waals surface area contributed by atoms with Gasteiger partial charge in [0.05, 0.1) is 24.3 Å². The first-order valence-corrected chi connectivity index (χ1v) is 10.1. The fraction of sp³-hybridized carbons (Fsp3) is 0.636. The molecule has 4 nitrogen and oxygen atoms in total. The van der Waals surface area contributed by atoms with Crippen molar-refractivity contribution in [1.82, 2.24) is 0 Å². The van der Waals surface area contributed by atoms with Gasteiger partial charge in [-0.25, -0.2) is 9.59 Å². The third-order valence-corrected chi connectivity index (χ3v) is 4.33. The second-order valence-electron chi connectivity index (χ2n) is 6.65. The smallest absolute Gasteiger partial charge is 0.339 e. The van der Waals surface area contributed by atoms with Crippen molar-refractivity contribution >= 4 is 11.9 Å². The molecule has 0 unspecified atom stereocenters. The van der Waals surface area contributed by atoms with E-state index in [4.69, 9.17) is 9.47 Å². The highest BCUT2D eigenvalue weighted by Gasteiger charge is 2.18. The molecule has 0 saturated heterocycles. The normalized spacial score (nSPS) is 10.5. The van der Waals surface area contributed by atoms with Gasteiger partial charge in [-0.05, 0) is 25.0 Å². The maximum absolute atomic E-state index is 12.3. The maximum Gasteiger partial charge on any atom is 0.339 e. The predicted octanol–water partition coefficient (Wildman–Crippen LogP) is 5.94. The lowest BCUT2D eigenvalue weighted by Gasteiger charge is -2.10. The Labute approximate surface area is 158 Å². The van der Waals surface area contributed by atoms with Gasteiger partial charge in [-0.3, -0.25) is 0 Å². The van der Waals surface area contributed by atoms with Crippen molar-refractivity contribution in [2.75, 3.05) is 13.2 Å². The van der Waals surface area contributed by atoms with Crippen molar-refractivity contribution in [3.05, 3.63) is 35.4 Å². The van der Waals surface area contributed by atoms with E-state index in [1.807, 2.05) is 0 Å². The molecule has 0 bridgehead atoms. The van der Waals surface area contributed by atoms with Crippen molar-refractivity contribution in [2.45, 2.75) is 78.1 Å². The van der Waals surface area contributed by atoms with Crippen molar-refractivity contribution < 1.29 is 19.1 Å². The quantitative estimate of drug-likeness (QED) is 0.303. The van der Waals surface area contributed by atoms with E-state index in [0.717, 1.165) is 38.5 Å². The monoisotopic (exact) mass is 362 g/mol. The molecule has 4 heteroatoms. The number of esters is 2. The Hall–Kier alpha value is -1.84. The Balaban J connectivity index is 2.41. The van der Waals surface area contributed by atoms with Gasteiger partial charge >= 0.3 is 11.9 Å². The molecule has 0 spiro atoms. The van der Waals surface area contributed by atoms with E-state index in [0.29, 0.717) is 13.2 Å². The largest absolute Gasteiger partial charge is 0.462 e. The summed E-state index contributed by atoms with van der Waals surface area (Å²) in [5.74, 6) is -0.897. The summed E-state index contributed by atoms with van der Waals surface area (Å²) in [5, 5.41) is 0. The molecule has 0 N–H and O–H groups in total. The van der Waals surface area contributed by atoms with Gasteiger partial charge in [-0.1, -0.05) is 77.3 Å². The first-order valence-electron chi connectivity index (χ1n) is 10.1. The van der Waals surface area contributed by atoms with E-state index < -0.39 is 11.9 Å². The molecule has 0 amide bonds. The van der Waals surface area contributed by atoms with Gasteiger partial charge in [0, 0.05) is 0 Å². The molecule has 0 atom stereocenters. The van der Waals surface area contributed by atoms with Crippen LogP contribution in [0.1, 0.15) is 98.8 Å². The molecule has 0 fully saturated rings. The summed E-state index contributed by atoms with van der Waals surface area (Å²) in [7, 11) is 0. The Kier molecular flexibility index (Phi) is 12.2. The summed E-state index contributed by atoms with van der Waals surface area (Å²) in [6, 6.07) is 6.71. The van der Waals surface area contributed by atoms with Crippen LogP contribution in [-0.4, -0.2) is 25.2 Å². The van der Waals surface area contributed by atoms with Crippen LogP contribution in [0.15, 0.2) is 24.3 Å². The predicted molar refractivity (Wildman–Crippen MR) is 105 cm³/mol. The number of carbonyl (C=O) groups is 2. The number of hydrogen-bond donors (Lipinski definition) is 0. The highest BCUT2D eigenvalue weighted by atomic mass is 16.5. The Morgan fingerprint density at radius 1 is 0.654 bits per heavy atom. The zero-order valence-electron chi connectivity index (χ0n) is 16.4. The summed E-state index contributed by atoms with van der Waals surface area (Å²) >= 11 is 0. The molecule has 26 heavy (non-hydrogen) atoms. The molecule has 0 saturated carbocycles. The van der Waals surface area contributed by atoms with E-state index >= 15 is 0 Å². The topological polar surface area (TPSA) is 52.6 Å². The van der Waals surface area contributed by atoms with Gasteiger partial charge in [-0.2, -0.15) is 0 Å². The van der Waals surface area contributed by atoms with Crippen molar-refractivity contribution in [1.29, 1.82) is 0 Å². The Morgan fingerprint density at radius 2 is 1.04 bits per heavy atom. The standard InChI is InChI=1S/C22H34O4/c1-3-5-7-9-10-14-18-26-22(24)20-16-12-11-15-19(20)21(23)25-17-13-8-6-4-2/h11-12,15-16H,3-10,13-14,17-18H2,1-2H3. The zero-order valence-corrected chi connectivity index (χ0v) is 16.4. The molecule has 0 aliphatic carbocycles. The van der Waals surface area contributed by atoms with E-state index in [2.05, 4.69) is 13.8 Å². The number of unbranched alkanes of at least 4 members (excludes halogenated alkanes) is 8. The first-order chi connectivity index (χ1) is 12.7. The third-order valence-electron chi connectivity index (χ3n) is 4.33. The van der Waals surface area contributed by atoms with Crippen LogP contribution in [0.5, 0.6) is 0 Å². The average Bonchev–Trinajstić information content (AvgIpc) is 2.66. The summed E-state index contributed by atoms with van der Waals surface area (Å²) in [6.45, 7) is 5.11. The van der Waals surface area contributed by atoms with Crippen LogP contribution in [-0.2, 0) is 9.47 Å². The fourth-order valence-corrected chi connectivity index (χ4v) is 2.74. The lowest BCUT2D eigenvalue weighted by molar-refractivity contribution is 0.0450. The number of benzene rings is 1. The molecule has 1 aromatic carbocycles. The molecule has 1 aromatic rings. The van der Waals surface area contributed by atoms with Gasteiger partial charge in [0.1, 0.15) is 0 Å². The fourth-order valence-electron chi connectivity index (χ4n) is 2.74. The first kappa shape index (κ1) is 22.2. The highest BCUT2D eigenvalue weighted by Crippen LogP contribution is 2.13. The van der Waals surface area contributed by atoms with E-state index in [9.17, 15) is 9.59 Å². The SMILES string of the molecule is CCCCCCCCOC(=O)c1ccccc1C(=O)OCCCCCC.